The lowest BCUT2D eigenvalue weighted by Crippen LogP contribution is -2.52. The predicted octanol–water partition coefficient (Wildman–Crippen LogP) is 5.32. The summed E-state index contributed by atoms with van der Waals surface area (Å²) in [5.41, 5.74) is 5.28. The maximum absolute atomic E-state index is 13.5. The quantitative estimate of drug-likeness (QED) is 0.487. The molecule has 5 nitrogen and oxygen atoms in total. The van der Waals surface area contributed by atoms with Crippen molar-refractivity contribution in [3.63, 3.8) is 0 Å². The Kier molecular flexibility index (Phi) is 6.19. The standard InChI is InChI=1S/C35H43FN4O/c1-22(21-40-13-11-35(12-14-40)30(20-39-33(35)41)24-5-7-27(36)8-6-24)37-18-23-15-25-3-4-26(16-31(25)38-19-23)32-28-17-29(28)34(32)9-2-10-34/h3-8,15,19,22,26,28-30,32,37H,2,9-14,16-18,20-21H2,1H3,(H,39,41). The number of hydrogen-bond acceptors (Lipinski definition) is 4. The molecule has 6 atom stereocenters. The van der Waals surface area contributed by atoms with E-state index in [1.807, 2.05) is 12.1 Å². The minimum atomic E-state index is -0.371. The molecule has 0 radical (unpaired) electrons. The molecule has 1 amide bonds. The van der Waals surface area contributed by atoms with Crippen molar-refractivity contribution < 1.29 is 9.18 Å². The van der Waals surface area contributed by atoms with Gasteiger partial charge in [0.25, 0.3) is 0 Å². The van der Waals surface area contributed by atoms with E-state index in [2.05, 4.69) is 46.9 Å². The lowest BCUT2D eigenvalue weighted by Gasteiger charge is -2.58. The van der Waals surface area contributed by atoms with Crippen LogP contribution in [0.1, 0.15) is 73.8 Å². The van der Waals surface area contributed by atoms with E-state index in [9.17, 15) is 9.18 Å². The summed E-state index contributed by atoms with van der Waals surface area (Å²) < 4.78 is 13.5. The molecule has 6 heteroatoms. The van der Waals surface area contributed by atoms with Crippen molar-refractivity contribution in [2.24, 2.45) is 34.5 Å². The second kappa shape index (κ2) is 9.74. The molecular weight excluding hydrogens is 511 g/mol. The number of nitrogens with one attached hydrogen (secondary N) is 2. The summed E-state index contributed by atoms with van der Waals surface area (Å²) in [6.07, 6.45) is 15.7. The molecule has 1 aromatic heterocycles. The number of allylic oxidation sites excluding steroid dienone is 1. The molecule has 41 heavy (non-hydrogen) atoms. The molecule has 2 aliphatic heterocycles. The number of nitrogens with zero attached hydrogens (tertiary/aromatic N) is 2. The summed E-state index contributed by atoms with van der Waals surface area (Å²) in [4.78, 5) is 20.4. The number of halogens is 1. The molecule has 8 rings (SSSR count). The van der Waals surface area contributed by atoms with Crippen LogP contribution < -0.4 is 10.6 Å². The van der Waals surface area contributed by atoms with Gasteiger partial charge in [-0.25, -0.2) is 4.39 Å². The fraction of sp³-hybridized carbons (Fsp3) is 0.600. The van der Waals surface area contributed by atoms with Gasteiger partial charge in [-0.05, 0) is 123 Å². The highest BCUT2D eigenvalue weighted by atomic mass is 19.1. The summed E-state index contributed by atoms with van der Waals surface area (Å²) >= 11 is 0. The number of likely N-dealkylation sites (tertiary alicyclic amines) is 1. The van der Waals surface area contributed by atoms with Crippen molar-refractivity contribution in [3.8, 4) is 0 Å². The van der Waals surface area contributed by atoms with Gasteiger partial charge in [0.1, 0.15) is 5.82 Å². The van der Waals surface area contributed by atoms with Crippen molar-refractivity contribution in [2.45, 2.75) is 70.4 Å². The van der Waals surface area contributed by atoms with Gasteiger partial charge in [-0.15, -0.1) is 0 Å². The van der Waals surface area contributed by atoms with Crippen molar-refractivity contribution >= 4 is 12.0 Å². The Labute approximate surface area is 243 Å². The Morgan fingerprint density at radius 2 is 1.98 bits per heavy atom. The van der Waals surface area contributed by atoms with Gasteiger partial charge < -0.3 is 15.5 Å². The number of fused-ring (bicyclic) bond motifs is 3. The normalized spacial score (nSPS) is 33.0. The van der Waals surface area contributed by atoms with Gasteiger partial charge in [-0.1, -0.05) is 30.7 Å². The number of carbonyl (C=O) groups excluding carboxylic acids is 1. The van der Waals surface area contributed by atoms with Crippen molar-refractivity contribution in [1.82, 2.24) is 20.5 Å². The first-order chi connectivity index (χ1) is 19.9. The van der Waals surface area contributed by atoms with Crippen LogP contribution in [0, 0.1) is 40.3 Å². The van der Waals surface area contributed by atoms with Gasteiger partial charge in [-0.2, -0.15) is 0 Å². The van der Waals surface area contributed by atoms with Gasteiger partial charge >= 0.3 is 0 Å². The van der Waals surface area contributed by atoms with E-state index in [1.54, 1.807) is 0 Å². The largest absolute Gasteiger partial charge is 0.355 e. The van der Waals surface area contributed by atoms with Gasteiger partial charge in [0.05, 0.1) is 5.41 Å². The van der Waals surface area contributed by atoms with Crippen LogP contribution in [0.15, 0.2) is 42.6 Å². The number of pyridine rings is 1. The molecule has 2 N–H and O–H groups in total. The number of aromatic nitrogens is 1. The number of rotatable bonds is 7. The van der Waals surface area contributed by atoms with Crippen molar-refractivity contribution in [1.29, 1.82) is 0 Å². The van der Waals surface area contributed by atoms with E-state index < -0.39 is 0 Å². The molecule has 5 fully saturated rings. The first kappa shape index (κ1) is 26.1. The van der Waals surface area contributed by atoms with Gasteiger partial charge in [0.2, 0.25) is 5.91 Å². The van der Waals surface area contributed by atoms with E-state index in [-0.39, 0.29) is 23.1 Å². The third-order valence-corrected chi connectivity index (χ3v) is 12.3. The number of carbonyl (C=O) groups is 1. The molecule has 3 saturated carbocycles. The van der Waals surface area contributed by atoms with E-state index in [4.69, 9.17) is 4.98 Å². The first-order valence-corrected chi connectivity index (χ1v) is 16.1. The number of hydrogen-bond donors (Lipinski definition) is 2. The maximum Gasteiger partial charge on any atom is 0.227 e. The summed E-state index contributed by atoms with van der Waals surface area (Å²) in [6.45, 7) is 6.51. The highest BCUT2D eigenvalue weighted by Crippen LogP contribution is 2.79. The predicted molar refractivity (Wildman–Crippen MR) is 158 cm³/mol. The zero-order valence-corrected chi connectivity index (χ0v) is 24.2. The molecule has 0 bridgehead atoms. The third-order valence-electron chi connectivity index (χ3n) is 12.3. The molecule has 6 unspecified atom stereocenters. The van der Waals surface area contributed by atoms with Crippen molar-refractivity contribution in [3.05, 3.63) is 70.8 Å². The molecule has 4 aliphatic carbocycles. The van der Waals surface area contributed by atoms with Crippen LogP contribution in [0.3, 0.4) is 0 Å². The van der Waals surface area contributed by atoms with Crippen molar-refractivity contribution in [2.75, 3.05) is 26.2 Å². The summed E-state index contributed by atoms with van der Waals surface area (Å²) in [5, 5.41) is 6.84. The second-order valence-corrected chi connectivity index (χ2v) is 14.3. The first-order valence-electron chi connectivity index (χ1n) is 16.1. The van der Waals surface area contributed by atoms with Crippen LogP contribution >= 0.6 is 0 Å². The Balaban J connectivity index is 0.840. The Bertz CT molecular complexity index is 1360. The number of amides is 1. The Morgan fingerprint density at radius 3 is 2.73 bits per heavy atom. The monoisotopic (exact) mass is 554 g/mol. The molecule has 2 aromatic rings. The van der Waals surface area contributed by atoms with Crippen LogP contribution in [-0.4, -0.2) is 48.0 Å². The fourth-order valence-electron chi connectivity index (χ4n) is 9.90. The van der Waals surface area contributed by atoms with Crippen LogP contribution in [0.4, 0.5) is 4.39 Å². The molecule has 2 saturated heterocycles. The van der Waals surface area contributed by atoms with Crippen LogP contribution in [0.25, 0.3) is 6.08 Å². The van der Waals surface area contributed by atoms with E-state index in [0.29, 0.717) is 18.5 Å². The lowest BCUT2D eigenvalue weighted by molar-refractivity contribution is -0.130. The zero-order chi connectivity index (χ0) is 27.8. The van der Waals surface area contributed by atoms with Crippen LogP contribution in [0.5, 0.6) is 0 Å². The van der Waals surface area contributed by atoms with Gasteiger partial charge in [-0.3, -0.25) is 9.78 Å². The minimum absolute atomic E-state index is 0.118. The molecule has 2 spiro atoms. The van der Waals surface area contributed by atoms with Gasteiger partial charge in [0.15, 0.2) is 0 Å². The third kappa shape index (κ3) is 4.23. The summed E-state index contributed by atoms with van der Waals surface area (Å²) in [5.74, 6) is 3.79. The highest BCUT2D eigenvalue weighted by molar-refractivity contribution is 5.86. The summed E-state index contributed by atoms with van der Waals surface area (Å²) in [6, 6.07) is 9.42. The van der Waals surface area contributed by atoms with E-state index >= 15 is 0 Å². The average molecular weight is 555 g/mol. The molecule has 6 aliphatic rings. The van der Waals surface area contributed by atoms with Gasteiger partial charge in [0, 0.05) is 43.5 Å². The topological polar surface area (TPSA) is 57.3 Å². The van der Waals surface area contributed by atoms with E-state index in [1.165, 1.54) is 54.6 Å². The second-order valence-electron chi connectivity index (χ2n) is 14.3. The lowest BCUT2D eigenvalue weighted by atomic mass is 9.46. The molecule has 216 valence electrons. The Hall–Kier alpha value is -2.57. The molecule has 1 aromatic carbocycles. The fourth-order valence-corrected chi connectivity index (χ4v) is 9.90. The average Bonchev–Trinajstić information content (AvgIpc) is 3.57. The van der Waals surface area contributed by atoms with Crippen LogP contribution in [0.2, 0.25) is 0 Å². The molecule has 3 heterocycles. The number of benzene rings is 1. The summed E-state index contributed by atoms with van der Waals surface area (Å²) in [7, 11) is 0. The maximum atomic E-state index is 13.5. The van der Waals surface area contributed by atoms with Crippen LogP contribution in [-0.2, 0) is 17.8 Å². The van der Waals surface area contributed by atoms with E-state index in [0.717, 1.165) is 74.2 Å². The zero-order valence-electron chi connectivity index (χ0n) is 24.2. The smallest absolute Gasteiger partial charge is 0.227 e. The molecular formula is C35H43FN4O. The highest BCUT2D eigenvalue weighted by Gasteiger charge is 2.73. The SMILES string of the molecule is CC(CN1CCC2(CC1)C(=O)NCC2c1ccc(F)cc1)NCc1cnc2c(c1)C=CC(C1C3CC3C13CCC3)C2. The minimum Gasteiger partial charge on any atom is -0.355 e. The number of piperidine rings is 1. The Morgan fingerprint density at radius 1 is 1.17 bits per heavy atom.